The summed E-state index contributed by atoms with van der Waals surface area (Å²) in [6, 6.07) is 8.38. The van der Waals surface area contributed by atoms with Gasteiger partial charge in [-0.1, -0.05) is 19.1 Å². The molecule has 290 valence electrons. The Bertz CT molecular complexity index is 2110. The van der Waals surface area contributed by atoms with Gasteiger partial charge in [-0.25, -0.2) is 19.7 Å². The Morgan fingerprint density at radius 3 is 2.49 bits per heavy atom. The quantitative estimate of drug-likeness (QED) is 0.0847. The normalized spacial score (nSPS) is 18.5. The largest absolute Gasteiger partial charge is 0.453 e. The number of likely N-dealkylation sites (tertiary alicyclic amines) is 1. The Hall–Kier alpha value is -5.33. The molecule has 18 heteroatoms. The molecule has 3 atom stereocenters. The molecule has 3 aromatic heterocycles. The fourth-order valence-corrected chi connectivity index (χ4v) is 6.96. The smallest absolute Gasteiger partial charge is 0.406 e. The number of hydrogen-bond acceptors (Lipinski definition) is 12. The number of fused-ring (bicyclic) bond motifs is 2. The van der Waals surface area contributed by atoms with Crippen molar-refractivity contribution in [2.24, 2.45) is 5.41 Å². The molecule has 0 unspecified atom stereocenters. The lowest BCUT2D eigenvalue weighted by Gasteiger charge is -2.27. The number of halogens is 1. The number of carbonyl (C=O) groups is 5. The predicted octanol–water partition coefficient (Wildman–Crippen LogP) is 3.19. The Labute approximate surface area is 325 Å². The van der Waals surface area contributed by atoms with Crippen LogP contribution in [-0.4, -0.2) is 111 Å². The summed E-state index contributed by atoms with van der Waals surface area (Å²) in [5, 5.41) is 13.2. The third-order valence-electron chi connectivity index (χ3n) is 9.69. The minimum Gasteiger partial charge on any atom is -0.453 e. The third kappa shape index (κ3) is 9.32. The van der Waals surface area contributed by atoms with E-state index in [9.17, 15) is 24.0 Å². The van der Waals surface area contributed by atoms with Gasteiger partial charge in [0, 0.05) is 42.9 Å². The summed E-state index contributed by atoms with van der Waals surface area (Å²) < 4.78 is 17.2. The minimum absolute atomic E-state index is 0.0574. The van der Waals surface area contributed by atoms with E-state index in [1.807, 2.05) is 25.1 Å². The number of aromatic nitrogens is 5. The highest BCUT2D eigenvalue weighted by molar-refractivity contribution is 9.10. The zero-order valence-electron chi connectivity index (χ0n) is 30.9. The van der Waals surface area contributed by atoms with Crippen LogP contribution in [-0.2, 0) is 41.7 Å². The van der Waals surface area contributed by atoms with E-state index in [4.69, 9.17) is 9.47 Å². The number of piperidine rings is 1. The number of benzene rings is 1. The number of nitrogens with one attached hydrogen (secondary N) is 3. The van der Waals surface area contributed by atoms with E-state index >= 15 is 0 Å². The molecule has 4 heterocycles. The van der Waals surface area contributed by atoms with Crippen LogP contribution >= 0.6 is 15.9 Å². The van der Waals surface area contributed by atoms with Crippen molar-refractivity contribution < 1.29 is 38.2 Å². The maximum absolute atomic E-state index is 14.0. The van der Waals surface area contributed by atoms with Crippen LogP contribution in [0.3, 0.4) is 0 Å². The fourth-order valence-electron chi connectivity index (χ4n) is 6.65. The number of nitrogens with zero attached hydrogens (tertiary/aromatic N) is 6. The Morgan fingerprint density at radius 1 is 0.982 bits per heavy atom. The molecule has 0 radical (unpaired) electrons. The highest BCUT2D eigenvalue weighted by Crippen LogP contribution is 2.59. The average molecular weight is 821 g/mol. The second-order valence-corrected chi connectivity index (χ2v) is 14.5. The van der Waals surface area contributed by atoms with Crippen LogP contribution in [0.2, 0.25) is 0 Å². The lowest BCUT2D eigenvalue weighted by molar-refractivity contribution is -0.138. The zero-order chi connectivity index (χ0) is 39.3. The number of rotatable bonds is 16. The molecule has 1 saturated heterocycles. The van der Waals surface area contributed by atoms with Gasteiger partial charge in [-0.15, -0.1) is 0 Å². The standard InChI is InChI=1S/C37H42BrN9O8/c1-21-5-8-29(38)43-34(21)44-35(51)27-14-37(3)15-28(37)47(27)32(50)19-46-26-7-6-23(13-25(26)33(45-46)22(2)48)24-16-40-30(41-17-24)18-42-31(49)20-55-12-11-54-10-9-39-36(52)53-4/h5-8,13,16-17,27-28H,9-12,14-15,18-20H2,1-4H3,(H,39,52)(H,42,49)(H,43,44,51)/t27-,28+,37-/m0/s1. The second kappa shape index (κ2) is 17.0. The summed E-state index contributed by atoms with van der Waals surface area (Å²) in [6.07, 6.45) is 4.07. The number of hydrogen-bond donors (Lipinski definition) is 3. The van der Waals surface area contributed by atoms with E-state index < -0.39 is 12.1 Å². The molecule has 0 bridgehead atoms. The number of ether oxygens (including phenoxy) is 3. The van der Waals surface area contributed by atoms with Crippen molar-refractivity contribution in [2.45, 2.75) is 58.8 Å². The van der Waals surface area contributed by atoms with Gasteiger partial charge in [0.25, 0.3) is 0 Å². The molecule has 1 saturated carbocycles. The molecule has 55 heavy (non-hydrogen) atoms. The lowest BCUT2D eigenvalue weighted by Crippen LogP contribution is -2.47. The first-order chi connectivity index (χ1) is 26.4. The predicted molar refractivity (Wildman–Crippen MR) is 202 cm³/mol. The molecular weight excluding hydrogens is 778 g/mol. The molecule has 2 fully saturated rings. The highest BCUT2D eigenvalue weighted by Gasteiger charge is 2.64. The summed E-state index contributed by atoms with van der Waals surface area (Å²) in [7, 11) is 1.28. The number of methoxy groups -OCH3 is 1. The molecule has 1 aliphatic carbocycles. The van der Waals surface area contributed by atoms with E-state index in [1.165, 1.54) is 18.7 Å². The summed E-state index contributed by atoms with van der Waals surface area (Å²) in [5.41, 5.74) is 2.90. The molecule has 4 aromatic rings. The zero-order valence-corrected chi connectivity index (χ0v) is 32.5. The van der Waals surface area contributed by atoms with Crippen molar-refractivity contribution in [3.8, 4) is 11.1 Å². The van der Waals surface area contributed by atoms with Crippen molar-refractivity contribution >= 4 is 62.2 Å². The van der Waals surface area contributed by atoms with Crippen molar-refractivity contribution in [2.75, 3.05) is 45.4 Å². The van der Waals surface area contributed by atoms with Crippen LogP contribution in [0.15, 0.2) is 47.3 Å². The van der Waals surface area contributed by atoms with Crippen molar-refractivity contribution in [3.63, 3.8) is 0 Å². The highest BCUT2D eigenvalue weighted by atomic mass is 79.9. The monoisotopic (exact) mass is 819 g/mol. The topological polar surface area (TPSA) is 209 Å². The van der Waals surface area contributed by atoms with Crippen molar-refractivity contribution in [3.05, 3.63) is 64.4 Å². The summed E-state index contributed by atoms with van der Waals surface area (Å²) in [4.78, 5) is 78.3. The minimum atomic E-state index is -0.665. The molecule has 6 rings (SSSR count). The first kappa shape index (κ1) is 39.4. The van der Waals surface area contributed by atoms with Gasteiger partial charge in [-0.05, 0) is 70.4 Å². The van der Waals surface area contributed by atoms with Crippen molar-refractivity contribution in [1.29, 1.82) is 0 Å². The van der Waals surface area contributed by atoms with Gasteiger partial charge in [0.2, 0.25) is 17.7 Å². The Balaban J connectivity index is 1.06. The number of carbonyl (C=O) groups excluding carboxylic acids is 5. The number of anilines is 1. The van der Waals surface area contributed by atoms with Gasteiger partial charge >= 0.3 is 6.09 Å². The molecule has 2 aliphatic rings. The number of Topliss-reactive ketones (excluding diaryl/α,β-unsaturated/α-hetero) is 1. The van der Waals surface area contributed by atoms with Crippen LogP contribution in [0.1, 0.15) is 48.6 Å². The first-order valence-corrected chi connectivity index (χ1v) is 18.5. The SMILES string of the molecule is COC(=O)NCCOCCOCC(=O)NCc1ncc(-c2ccc3c(c2)c(C(C)=O)nn3CC(=O)N2[C@H](C(=O)Nc3nc(Br)ccc3C)C[C@@]3(C)C[C@@H]23)cn1. The summed E-state index contributed by atoms with van der Waals surface area (Å²) >= 11 is 3.35. The third-order valence-corrected chi connectivity index (χ3v) is 10.1. The van der Waals surface area contributed by atoms with Crippen LogP contribution in [0.5, 0.6) is 0 Å². The number of alkyl carbamates (subject to hydrolysis) is 1. The number of ketones is 1. The lowest BCUT2D eigenvalue weighted by atomic mass is 10.0. The second-order valence-electron chi connectivity index (χ2n) is 13.7. The van der Waals surface area contributed by atoms with E-state index in [0.29, 0.717) is 45.7 Å². The van der Waals surface area contributed by atoms with Crippen LogP contribution in [0.25, 0.3) is 22.0 Å². The molecule has 0 spiro atoms. The number of pyridine rings is 1. The van der Waals surface area contributed by atoms with E-state index in [1.54, 1.807) is 29.4 Å². The fraction of sp³-hybridized carbons (Fsp3) is 0.432. The van der Waals surface area contributed by atoms with Crippen LogP contribution in [0.4, 0.5) is 10.6 Å². The van der Waals surface area contributed by atoms with Gasteiger partial charge < -0.3 is 35.1 Å². The maximum atomic E-state index is 14.0. The average Bonchev–Trinajstić information content (AvgIpc) is 3.53. The molecule has 17 nitrogen and oxygen atoms in total. The van der Waals surface area contributed by atoms with Gasteiger partial charge in [0.15, 0.2) is 5.78 Å². The van der Waals surface area contributed by atoms with Crippen LogP contribution < -0.4 is 16.0 Å². The van der Waals surface area contributed by atoms with Crippen LogP contribution in [0, 0.1) is 12.3 Å². The van der Waals surface area contributed by atoms with Crippen molar-refractivity contribution in [1.82, 2.24) is 40.3 Å². The van der Waals surface area contributed by atoms with Gasteiger partial charge in [0.05, 0.1) is 39.0 Å². The van der Waals surface area contributed by atoms with Gasteiger partial charge in [0.1, 0.15) is 41.1 Å². The van der Waals surface area contributed by atoms with Gasteiger partial charge in [-0.3, -0.25) is 23.9 Å². The Kier molecular flexibility index (Phi) is 12.2. The number of aryl methyl sites for hydroxylation is 1. The molecule has 4 amide bonds. The molecule has 1 aromatic carbocycles. The molecular formula is C37H42BrN9O8. The van der Waals surface area contributed by atoms with E-state index in [0.717, 1.165) is 17.5 Å². The Morgan fingerprint density at radius 2 is 1.75 bits per heavy atom. The van der Waals surface area contributed by atoms with Gasteiger partial charge in [-0.2, -0.15) is 5.10 Å². The summed E-state index contributed by atoms with van der Waals surface area (Å²) in [5.74, 6) is -0.326. The first-order valence-electron chi connectivity index (χ1n) is 17.7. The summed E-state index contributed by atoms with van der Waals surface area (Å²) in [6.45, 7) is 6.17. The molecule has 1 aliphatic heterocycles. The van der Waals surface area contributed by atoms with E-state index in [-0.39, 0.29) is 80.2 Å². The van der Waals surface area contributed by atoms with E-state index in [2.05, 4.69) is 63.6 Å². The number of amides is 4. The maximum Gasteiger partial charge on any atom is 0.406 e. The molecule has 3 N–H and O–H groups in total.